The minimum Gasteiger partial charge on any atom is -0.375 e. The zero-order valence-corrected chi connectivity index (χ0v) is 17.4. The molecule has 0 spiro atoms. The lowest BCUT2D eigenvalue weighted by Gasteiger charge is -2.38. The Morgan fingerprint density at radius 2 is 1.86 bits per heavy atom. The minimum absolute atomic E-state index is 0.216. The topological polar surface area (TPSA) is 68.5 Å². The van der Waals surface area contributed by atoms with E-state index in [9.17, 15) is 5.26 Å². The van der Waals surface area contributed by atoms with Crippen LogP contribution >= 0.6 is 0 Å². The summed E-state index contributed by atoms with van der Waals surface area (Å²) >= 11 is 0. The van der Waals surface area contributed by atoms with Gasteiger partial charge in [0.25, 0.3) is 0 Å². The molecule has 4 rings (SSSR count). The van der Waals surface area contributed by atoms with Gasteiger partial charge in [0.05, 0.1) is 24.0 Å². The van der Waals surface area contributed by atoms with Crippen LogP contribution in [0.4, 0.5) is 5.69 Å². The van der Waals surface area contributed by atoms with Gasteiger partial charge in [0.1, 0.15) is 17.1 Å². The predicted molar refractivity (Wildman–Crippen MR) is 114 cm³/mol. The van der Waals surface area contributed by atoms with E-state index in [-0.39, 0.29) is 6.10 Å². The maximum atomic E-state index is 9.38. The highest BCUT2D eigenvalue weighted by atomic mass is 16.5. The number of likely N-dealkylation sites (N-methyl/N-ethyl adjacent to an activating group) is 1. The van der Waals surface area contributed by atoms with E-state index in [2.05, 4.69) is 44.7 Å². The molecule has 29 heavy (non-hydrogen) atoms. The molecule has 0 N–H and O–H groups in total. The molecule has 0 bridgehead atoms. The maximum Gasteiger partial charge on any atom is 0.113 e. The lowest BCUT2D eigenvalue weighted by molar-refractivity contribution is 0.0141. The Morgan fingerprint density at radius 1 is 1.10 bits per heavy atom. The second-order valence-electron chi connectivity index (χ2n) is 8.38. The Labute approximate surface area is 172 Å². The molecule has 2 aliphatic heterocycles. The summed E-state index contributed by atoms with van der Waals surface area (Å²) in [5.74, 6) is 0.541. The molecule has 3 heterocycles. The molecule has 1 aromatic carbocycles. The molecule has 0 amide bonds. The Bertz CT molecular complexity index is 873. The molecular weight excluding hydrogens is 364 g/mol. The summed E-state index contributed by atoms with van der Waals surface area (Å²) in [6.07, 6.45) is 4.65. The molecule has 7 heteroatoms. The van der Waals surface area contributed by atoms with E-state index >= 15 is 0 Å². The average Bonchev–Trinajstić information content (AvgIpc) is 2.74. The van der Waals surface area contributed by atoms with Crippen molar-refractivity contribution < 1.29 is 4.74 Å². The molecule has 1 aromatic heterocycles. The van der Waals surface area contributed by atoms with Crippen LogP contribution < -0.4 is 4.90 Å². The smallest absolute Gasteiger partial charge is 0.113 e. The van der Waals surface area contributed by atoms with E-state index in [0.29, 0.717) is 17.0 Å². The van der Waals surface area contributed by atoms with Crippen LogP contribution in [0.3, 0.4) is 0 Å². The highest BCUT2D eigenvalue weighted by molar-refractivity contribution is 5.92. The summed E-state index contributed by atoms with van der Waals surface area (Å²) in [6.45, 7) is 10.4. The van der Waals surface area contributed by atoms with Crippen molar-refractivity contribution in [2.75, 3.05) is 64.4 Å². The van der Waals surface area contributed by atoms with E-state index in [1.165, 1.54) is 0 Å². The number of ether oxygens (including phenoxy) is 1. The predicted octanol–water partition coefficient (Wildman–Crippen LogP) is 1.98. The zero-order chi connectivity index (χ0) is 20.2. The number of nitrogens with zero attached hydrogens (tertiary/aromatic N) is 6. The quantitative estimate of drug-likeness (QED) is 0.768. The van der Waals surface area contributed by atoms with Crippen molar-refractivity contribution in [1.29, 1.82) is 5.26 Å². The van der Waals surface area contributed by atoms with Gasteiger partial charge in [-0.05, 0) is 31.5 Å². The number of fused-ring (bicyclic) bond motifs is 1. The van der Waals surface area contributed by atoms with Gasteiger partial charge in [-0.1, -0.05) is 6.92 Å². The number of aromatic nitrogens is 2. The first-order valence-corrected chi connectivity index (χ1v) is 10.6. The van der Waals surface area contributed by atoms with Crippen LogP contribution in [0.15, 0.2) is 24.5 Å². The Balaban J connectivity index is 1.42. The third-order valence-electron chi connectivity index (χ3n) is 6.04. The second kappa shape index (κ2) is 9.04. The van der Waals surface area contributed by atoms with Crippen molar-refractivity contribution in [3.8, 4) is 6.07 Å². The standard InChI is InChI=1S/C22H30N6O/c1-17-13-19(29-12-11-27-9-7-26(2)8-10-27)16-28(15-17)20-4-3-18(14-23)21-22(20)25-6-5-24-21/h3-6,17,19H,7-13,15-16H2,1-2H3. The van der Waals surface area contributed by atoms with Crippen LogP contribution in [0.2, 0.25) is 0 Å². The third-order valence-corrected chi connectivity index (χ3v) is 6.04. The molecule has 0 saturated carbocycles. The van der Waals surface area contributed by atoms with Gasteiger partial charge in [0.15, 0.2) is 0 Å². The molecule has 0 aliphatic carbocycles. The molecule has 2 atom stereocenters. The summed E-state index contributed by atoms with van der Waals surface area (Å²) in [4.78, 5) is 16.2. The van der Waals surface area contributed by atoms with Gasteiger partial charge in [0.2, 0.25) is 0 Å². The Morgan fingerprint density at radius 3 is 2.62 bits per heavy atom. The molecule has 2 fully saturated rings. The van der Waals surface area contributed by atoms with E-state index in [4.69, 9.17) is 4.74 Å². The van der Waals surface area contributed by atoms with E-state index < -0.39 is 0 Å². The van der Waals surface area contributed by atoms with E-state index in [1.54, 1.807) is 12.4 Å². The average molecular weight is 395 g/mol. The number of piperazine rings is 1. The number of rotatable bonds is 5. The number of hydrogen-bond donors (Lipinski definition) is 0. The molecule has 2 saturated heterocycles. The summed E-state index contributed by atoms with van der Waals surface area (Å²) in [5.41, 5.74) is 3.10. The first-order chi connectivity index (χ1) is 14.1. The van der Waals surface area contributed by atoms with Gasteiger partial charge in [-0.3, -0.25) is 14.9 Å². The highest BCUT2D eigenvalue weighted by Crippen LogP contribution is 2.30. The summed E-state index contributed by atoms with van der Waals surface area (Å²) < 4.78 is 6.31. The molecular formula is C22H30N6O. The molecule has 2 aliphatic rings. The van der Waals surface area contributed by atoms with Crippen molar-refractivity contribution in [2.45, 2.75) is 19.4 Å². The van der Waals surface area contributed by atoms with Crippen molar-refractivity contribution >= 4 is 16.7 Å². The van der Waals surface area contributed by atoms with Crippen molar-refractivity contribution in [1.82, 2.24) is 19.8 Å². The molecule has 0 radical (unpaired) electrons. The molecule has 154 valence electrons. The fourth-order valence-corrected chi connectivity index (χ4v) is 4.42. The fraction of sp³-hybridized carbons (Fsp3) is 0.591. The first-order valence-electron chi connectivity index (χ1n) is 10.6. The lowest BCUT2D eigenvalue weighted by Crippen LogP contribution is -2.47. The molecule has 7 nitrogen and oxygen atoms in total. The fourth-order valence-electron chi connectivity index (χ4n) is 4.42. The number of hydrogen-bond acceptors (Lipinski definition) is 7. The van der Waals surface area contributed by atoms with Gasteiger partial charge in [-0.2, -0.15) is 5.26 Å². The van der Waals surface area contributed by atoms with Gasteiger partial charge in [0, 0.05) is 58.2 Å². The van der Waals surface area contributed by atoms with Crippen molar-refractivity contribution in [3.05, 3.63) is 30.1 Å². The first kappa shape index (κ1) is 20.0. The van der Waals surface area contributed by atoms with Gasteiger partial charge < -0.3 is 14.5 Å². The van der Waals surface area contributed by atoms with Crippen LogP contribution in [0.1, 0.15) is 18.9 Å². The normalized spacial score (nSPS) is 24.0. The Hall–Kier alpha value is -2.27. The highest BCUT2D eigenvalue weighted by Gasteiger charge is 2.27. The van der Waals surface area contributed by atoms with Crippen LogP contribution in [-0.2, 0) is 4.74 Å². The van der Waals surface area contributed by atoms with E-state index in [1.807, 2.05) is 12.1 Å². The second-order valence-corrected chi connectivity index (χ2v) is 8.38. The van der Waals surface area contributed by atoms with Gasteiger partial charge >= 0.3 is 0 Å². The monoisotopic (exact) mass is 394 g/mol. The Kier molecular flexibility index (Phi) is 6.24. The van der Waals surface area contributed by atoms with Gasteiger partial charge in [-0.25, -0.2) is 0 Å². The number of anilines is 1. The minimum atomic E-state index is 0.216. The van der Waals surface area contributed by atoms with Crippen LogP contribution in [0, 0.1) is 17.2 Å². The SMILES string of the molecule is CC1CC(OCCN2CCN(C)CC2)CN(c2ccc(C#N)c3nccnc23)C1. The zero-order valence-electron chi connectivity index (χ0n) is 17.4. The number of nitriles is 1. The van der Waals surface area contributed by atoms with Crippen LogP contribution in [0.25, 0.3) is 11.0 Å². The number of benzene rings is 1. The molecule has 2 unspecified atom stereocenters. The van der Waals surface area contributed by atoms with Crippen molar-refractivity contribution in [3.63, 3.8) is 0 Å². The van der Waals surface area contributed by atoms with Crippen LogP contribution in [0.5, 0.6) is 0 Å². The maximum absolute atomic E-state index is 9.38. The summed E-state index contributed by atoms with van der Waals surface area (Å²) in [7, 11) is 2.18. The molecule has 2 aromatic rings. The van der Waals surface area contributed by atoms with Crippen molar-refractivity contribution in [2.24, 2.45) is 5.92 Å². The lowest BCUT2D eigenvalue weighted by atomic mass is 9.96. The van der Waals surface area contributed by atoms with Gasteiger partial charge in [-0.15, -0.1) is 0 Å². The number of piperidine rings is 1. The van der Waals surface area contributed by atoms with E-state index in [0.717, 1.165) is 70.0 Å². The summed E-state index contributed by atoms with van der Waals surface area (Å²) in [5, 5.41) is 9.38. The summed E-state index contributed by atoms with van der Waals surface area (Å²) in [6, 6.07) is 6.09. The largest absolute Gasteiger partial charge is 0.375 e. The third kappa shape index (κ3) is 4.67. The van der Waals surface area contributed by atoms with Crippen LogP contribution in [-0.4, -0.2) is 85.3 Å².